The van der Waals surface area contributed by atoms with Crippen molar-refractivity contribution in [3.05, 3.63) is 36.5 Å². The van der Waals surface area contributed by atoms with Gasteiger partial charge in [-0.25, -0.2) is 9.59 Å². The maximum Gasteiger partial charge on any atom is 0.360 e. The Bertz CT molecular complexity index is 627. The second-order valence-electron chi connectivity index (χ2n) is 3.81. The van der Waals surface area contributed by atoms with E-state index in [1.165, 1.54) is 12.5 Å². The van der Waals surface area contributed by atoms with E-state index in [-0.39, 0.29) is 4.90 Å². The number of carboxylic acid groups (broad SMARTS) is 2. The van der Waals surface area contributed by atoms with E-state index >= 15 is 0 Å². The molecule has 0 unspecified atom stereocenters. The molecule has 0 aliphatic rings. The lowest BCUT2D eigenvalue weighted by atomic mass is 10.2. The summed E-state index contributed by atoms with van der Waals surface area (Å²) in [6, 6.07) is 8.75. The highest BCUT2D eigenvalue weighted by molar-refractivity contribution is 8.54. The van der Waals surface area contributed by atoms with Crippen molar-refractivity contribution in [3.8, 4) is 0 Å². The number of pyridine rings is 1. The predicted octanol–water partition coefficient (Wildman–Crippen LogP) is 3.38. The first-order chi connectivity index (χ1) is 8.46. The second kappa shape index (κ2) is 4.30. The number of fused-ring (bicyclic) bond motifs is 1. The van der Waals surface area contributed by atoms with Gasteiger partial charge in [0.25, 0.3) is 0 Å². The molecule has 6 heteroatoms. The number of hydrogen-bond donors (Lipinski definition) is 2. The zero-order valence-corrected chi connectivity index (χ0v) is 10.3. The minimum Gasteiger partial charge on any atom is -0.474 e. The topological polar surface area (TPSA) is 87.5 Å². The van der Waals surface area contributed by atoms with Crippen molar-refractivity contribution < 1.29 is 19.8 Å². The van der Waals surface area contributed by atoms with Gasteiger partial charge in [-0.05, 0) is 28.4 Å². The lowest BCUT2D eigenvalue weighted by Gasteiger charge is -2.25. The van der Waals surface area contributed by atoms with Gasteiger partial charge in [0.1, 0.15) is 0 Å². The highest BCUT2D eigenvalue weighted by Crippen LogP contribution is 2.53. The molecule has 0 bridgehead atoms. The van der Waals surface area contributed by atoms with Gasteiger partial charge in [0.2, 0.25) is 0 Å². The highest BCUT2D eigenvalue weighted by Gasteiger charge is 2.38. The molecule has 18 heavy (non-hydrogen) atoms. The van der Waals surface area contributed by atoms with E-state index in [9.17, 15) is 9.59 Å². The Morgan fingerprint density at radius 2 is 1.78 bits per heavy atom. The molecule has 2 rings (SSSR count). The quantitative estimate of drug-likeness (QED) is 0.825. The van der Waals surface area contributed by atoms with Gasteiger partial charge < -0.3 is 10.2 Å². The minimum atomic E-state index is -2.97. The summed E-state index contributed by atoms with van der Waals surface area (Å²) in [7, 11) is -2.97. The number of aromatic nitrogens is 1. The Balaban J connectivity index is 2.66. The van der Waals surface area contributed by atoms with Crippen LogP contribution in [-0.2, 0) is 0 Å². The molecule has 0 radical (unpaired) electrons. The summed E-state index contributed by atoms with van der Waals surface area (Å²) in [5.41, 5.74) is 0.707. The van der Waals surface area contributed by atoms with Crippen LogP contribution in [0.3, 0.4) is 0 Å². The maximum atomic E-state index is 11.2. The third-order valence-corrected chi connectivity index (χ3v) is 5.30. The molecule has 0 atom stereocenters. The number of hydrogen-bond acceptors (Lipinski definition) is 3. The van der Waals surface area contributed by atoms with Crippen LogP contribution in [-0.4, -0.2) is 32.1 Å². The monoisotopic (exact) mass is 265 g/mol. The lowest BCUT2D eigenvalue weighted by Crippen LogP contribution is -2.17. The molecule has 94 valence electrons. The number of rotatable bonds is 1. The molecule has 0 spiro atoms. The molecule has 2 N–H and O–H groups in total. The van der Waals surface area contributed by atoms with Crippen LogP contribution in [0.2, 0.25) is 0 Å². The van der Waals surface area contributed by atoms with Crippen LogP contribution >= 0.6 is 10.0 Å². The largest absolute Gasteiger partial charge is 0.474 e. The molecular weight excluding hydrogens is 254 g/mol. The van der Waals surface area contributed by atoms with Gasteiger partial charge in [0.15, 0.2) is 0 Å². The molecule has 0 saturated heterocycles. The fraction of sp³-hybridized carbons (Fsp3) is 0.0833. The first-order valence-corrected chi connectivity index (χ1v) is 7.09. The molecule has 1 heterocycles. The smallest absolute Gasteiger partial charge is 0.360 e. The van der Waals surface area contributed by atoms with Crippen LogP contribution in [0.4, 0.5) is 9.59 Å². The van der Waals surface area contributed by atoms with E-state index in [0.29, 0.717) is 5.52 Å². The average molecular weight is 265 g/mol. The van der Waals surface area contributed by atoms with E-state index < -0.39 is 20.6 Å². The van der Waals surface area contributed by atoms with Crippen molar-refractivity contribution in [3.63, 3.8) is 0 Å². The fourth-order valence-electron chi connectivity index (χ4n) is 1.55. The normalized spacial score (nSPS) is 12.3. The molecule has 0 aliphatic carbocycles. The molecule has 1 aromatic carbocycles. The number of para-hydroxylation sites is 1. The summed E-state index contributed by atoms with van der Waals surface area (Å²) in [6.45, 7) is 0. The van der Waals surface area contributed by atoms with Crippen molar-refractivity contribution in [2.24, 2.45) is 0 Å². The zero-order valence-electron chi connectivity index (χ0n) is 9.53. The summed E-state index contributed by atoms with van der Waals surface area (Å²) in [5.74, 6) is 0. The third kappa shape index (κ3) is 1.80. The van der Waals surface area contributed by atoms with E-state index in [1.807, 2.05) is 6.07 Å². The molecule has 2 aromatic rings. The van der Waals surface area contributed by atoms with Gasteiger partial charge in [-0.3, -0.25) is 4.98 Å². The molecule has 0 fully saturated rings. The van der Waals surface area contributed by atoms with Crippen LogP contribution in [0.5, 0.6) is 0 Å². The molecular formula is C12H11NO4S. The van der Waals surface area contributed by atoms with Crippen molar-refractivity contribution in [2.75, 3.05) is 6.26 Å². The minimum absolute atomic E-state index is 0.237. The predicted molar refractivity (Wildman–Crippen MR) is 69.6 cm³/mol. The summed E-state index contributed by atoms with van der Waals surface area (Å²) in [5, 5.41) is 16.4. The number of benzene rings is 1. The Labute approximate surface area is 104 Å². The Hall–Kier alpha value is -2.08. The first kappa shape index (κ1) is 12.4. The Morgan fingerprint density at radius 3 is 2.39 bits per heavy atom. The summed E-state index contributed by atoms with van der Waals surface area (Å²) >= 11 is 0. The Kier molecular flexibility index (Phi) is 2.96. The zero-order chi connectivity index (χ0) is 13.3. The van der Waals surface area contributed by atoms with Gasteiger partial charge in [-0.15, -0.1) is 0 Å². The van der Waals surface area contributed by atoms with Gasteiger partial charge >= 0.3 is 10.6 Å². The SMILES string of the molecule is CS(C(=O)O)(C(=O)O)c1cnc2ccccc2c1. The fourth-order valence-corrected chi connectivity index (χ4v) is 2.73. The molecule has 0 aliphatic heterocycles. The van der Waals surface area contributed by atoms with Crippen molar-refractivity contribution >= 4 is 31.5 Å². The molecule has 1 aromatic heterocycles. The maximum absolute atomic E-state index is 11.2. The second-order valence-corrected chi connectivity index (χ2v) is 6.82. The third-order valence-electron chi connectivity index (χ3n) is 2.74. The van der Waals surface area contributed by atoms with Crippen LogP contribution in [0.1, 0.15) is 0 Å². The summed E-state index contributed by atoms with van der Waals surface area (Å²) < 4.78 is 0. The van der Waals surface area contributed by atoms with E-state index in [4.69, 9.17) is 10.2 Å². The van der Waals surface area contributed by atoms with Crippen LogP contribution in [0.25, 0.3) is 10.9 Å². The standard InChI is InChI=1S/C12H11NO4S/c1-18(11(14)15,12(16)17)9-6-8-4-2-3-5-10(8)13-7-9/h2-7H,1H3,(H,14,15)(H,16,17). The number of nitrogens with zero attached hydrogens (tertiary/aromatic N) is 1. The van der Waals surface area contributed by atoms with Gasteiger partial charge in [0.05, 0.1) is 5.52 Å². The van der Waals surface area contributed by atoms with Crippen LogP contribution in [0, 0.1) is 0 Å². The van der Waals surface area contributed by atoms with E-state index in [1.54, 1.807) is 24.3 Å². The molecule has 0 saturated carbocycles. The average Bonchev–Trinajstić information content (AvgIpc) is 2.36. The van der Waals surface area contributed by atoms with Crippen molar-refractivity contribution in [1.82, 2.24) is 4.98 Å². The molecule has 0 amide bonds. The van der Waals surface area contributed by atoms with Crippen molar-refractivity contribution in [2.45, 2.75) is 4.90 Å². The Morgan fingerprint density at radius 1 is 1.17 bits per heavy atom. The molecule has 5 nitrogen and oxygen atoms in total. The first-order valence-electron chi connectivity index (χ1n) is 5.05. The number of carbonyl (C=O) groups is 2. The van der Waals surface area contributed by atoms with Crippen molar-refractivity contribution in [1.29, 1.82) is 0 Å². The van der Waals surface area contributed by atoms with E-state index in [0.717, 1.165) is 5.39 Å². The van der Waals surface area contributed by atoms with E-state index in [2.05, 4.69) is 4.98 Å². The van der Waals surface area contributed by atoms with Gasteiger partial charge in [-0.2, -0.15) is 0 Å². The highest BCUT2D eigenvalue weighted by atomic mass is 32.3. The lowest BCUT2D eigenvalue weighted by molar-refractivity contribution is 0.215. The van der Waals surface area contributed by atoms with Crippen LogP contribution < -0.4 is 0 Å². The summed E-state index contributed by atoms with van der Waals surface area (Å²) in [6.07, 6.45) is 2.57. The van der Waals surface area contributed by atoms with Gasteiger partial charge in [-0.1, -0.05) is 18.2 Å². The summed E-state index contributed by atoms with van der Waals surface area (Å²) in [4.78, 5) is 26.8. The van der Waals surface area contributed by atoms with Gasteiger partial charge in [0, 0.05) is 16.5 Å². The van der Waals surface area contributed by atoms with Crippen LogP contribution in [0.15, 0.2) is 41.4 Å².